The third-order valence-electron chi connectivity index (χ3n) is 5.85. The number of nitrogens with two attached hydrogens (primary N) is 1. The number of carbonyl (C=O) groups excluding carboxylic acids is 1. The van der Waals surface area contributed by atoms with E-state index in [0.717, 1.165) is 47.7 Å². The number of hydrogen-bond donors (Lipinski definition) is 1. The number of hydrogen-bond acceptors (Lipinski definition) is 5. The number of amides is 1. The van der Waals surface area contributed by atoms with Crippen molar-refractivity contribution in [2.24, 2.45) is 11.7 Å². The maximum Gasteiger partial charge on any atom is 0.228 e. The summed E-state index contributed by atoms with van der Waals surface area (Å²) in [5, 5.41) is 0.718. The standard InChI is InChI=1S/C22H30ClN5O/c1-14-13-25-22(26-21(14)27(3)4)28(15(2)16-5-9-18(23)10-6-16)19-11-7-17(8-12-19)20(24)29/h5-6,9-10,13,15,17,19H,7-8,11-12H2,1-4H3,(H2,24,29)/t15-,17?,19?/m1/s1. The van der Waals surface area contributed by atoms with Gasteiger partial charge in [-0.3, -0.25) is 4.79 Å². The van der Waals surface area contributed by atoms with E-state index in [9.17, 15) is 4.79 Å². The third-order valence-corrected chi connectivity index (χ3v) is 6.10. The molecule has 1 atom stereocenters. The van der Waals surface area contributed by atoms with Crippen LogP contribution in [0.25, 0.3) is 0 Å². The lowest BCUT2D eigenvalue weighted by molar-refractivity contribution is -0.122. The zero-order valence-corrected chi connectivity index (χ0v) is 18.4. The molecule has 2 aromatic rings. The van der Waals surface area contributed by atoms with Crippen LogP contribution in [0.15, 0.2) is 30.5 Å². The minimum absolute atomic E-state index is 0.0322. The van der Waals surface area contributed by atoms with Crippen molar-refractivity contribution >= 4 is 29.3 Å². The molecule has 1 fully saturated rings. The average molecular weight is 416 g/mol. The number of aryl methyl sites for hydroxylation is 1. The fraction of sp³-hybridized carbons (Fsp3) is 0.500. The maximum atomic E-state index is 11.6. The Bertz CT molecular complexity index is 847. The highest BCUT2D eigenvalue weighted by Gasteiger charge is 2.33. The van der Waals surface area contributed by atoms with E-state index in [-0.39, 0.29) is 23.9 Å². The summed E-state index contributed by atoms with van der Waals surface area (Å²) in [6.45, 7) is 4.19. The molecule has 1 aliphatic carbocycles. The Labute approximate surface area is 178 Å². The largest absolute Gasteiger partial charge is 0.369 e. The van der Waals surface area contributed by atoms with Gasteiger partial charge in [-0.25, -0.2) is 4.98 Å². The lowest BCUT2D eigenvalue weighted by Crippen LogP contribution is -2.42. The molecule has 1 heterocycles. The molecule has 0 aliphatic heterocycles. The number of primary amides is 1. The van der Waals surface area contributed by atoms with Gasteiger partial charge in [-0.15, -0.1) is 0 Å². The predicted molar refractivity (Wildman–Crippen MR) is 118 cm³/mol. The van der Waals surface area contributed by atoms with Crippen molar-refractivity contribution in [3.8, 4) is 0 Å². The highest BCUT2D eigenvalue weighted by molar-refractivity contribution is 6.30. The predicted octanol–water partition coefficient (Wildman–Crippen LogP) is 4.12. The number of rotatable bonds is 6. The monoisotopic (exact) mass is 415 g/mol. The first-order valence-corrected chi connectivity index (χ1v) is 10.5. The molecule has 1 amide bonds. The van der Waals surface area contributed by atoms with Gasteiger partial charge in [-0.2, -0.15) is 4.98 Å². The molecular formula is C22H30ClN5O. The number of halogens is 1. The summed E-state index contributed by atoms with van der Waals surface area (Å²) in [6, 6.07) is 8.24. The van der Waals surface area contributed by atoms with Crippen LogP contribution in [-0.2, 0) is 4.79 Å². The van der Waals surface area contributed by atoms with Crippen molar-refractivity contribution in [3.63, 3.8) is 0 Å². The van der Waals surface area contributed by atoms with Gasteiger partial charge in [-0.1, -0.05) is 23.7 Å². The third kappa shape index (κ3) is 4.81. The summed E-state index contributed by atoms with van der Waals surface area (Å²) in [7, 11) is 3.98. The van der Waals surface area contributed by atoms with Crippen LogP contribution in [0, 0.1) is 12.8 Å². The van der Waals surface area contributed by atoms with E-state index in [1.54, 1.807) is 0 Å². The van der Waals surface area contributed by atoms with Gasteiger partial charge < -0.3 is 15.5 Å². The van der Waals surface area contributed by atoms with Crippen LogP contribution < -0.4 is 15.5 Å². The molecule has 1 aromatic heterocycles. The molecule has 0 unspecified atom stereocenters. The molecule has 6 nitrogen and oxygen atoms in total. The van der Waals surface area contributed by atoms with Crippen molar-refractivity contribution in [2.75, 3.05) is 23.9 Å². The van der Waals surface area contributed by atoms with Gasteiger partial charge >= 0.3 is 0 Å². The topological polar surface area (TPSA) is 75.4 Å². The summed E-state index contributed by atoms with van der Waals surface area (Å²) in [4.78, 5) is 25.5. The van der Waals surface area contributed by atoms with Gasteiger partial charge in [0, 0.05) is 42.8 Å². The first kappa shape index (κ1) is 21.4. The molecular weight excluding hydrogens is 386 g/mol. The van der Waals surface area contributed by atoms with Crippen LogP contribution in [0.2, 0.25) is 5.02 Å². The number of anilines is 2. The van der Waals surface area contributed by atoms with E-state index < -0.39 is 0 Å². The Kier molecular flexibility index (Phi) is 6.63. The molecule has 0 radical (unpaired) electrons. The summed E-state index contributed by atoms with van der Waals surface area (Å²) < 4.78 is 0. The molecule has 156 valence electrons. The molecule has 0 spiro atoms. The lowest BCUT2D eigenvalue weighted by atomic mass is 9.84. The zero-order valence-electron chi connectivity index (χ0n) is 17.6. The Morgan fingerprint density at radius 2 is 1.79 bits per heavy atom. The number of benzene rings is 1. The van der Waals surface area contributed by atoms with Gasteiger partial charge in [0.05, 0.1) is 6.04 Å². The molecule has 0 bridgehead atoms. The fourth-order valence-electron chi connectivity index (χ4n) is 4.19. The van der Waals surface area contributed by atoms with Gasteiger partial charge in [0.2, 0.25) is 11.9 Å². The first-order chi connectivity index (χ1) is 13.8. The van der Waals surface area contributed by atoms with Crippen LogP contribution in [0.3, 0.4) is 0 Å². The van der Waals surface area contributed by atoms with Gasteiger partial charge in [0.25, 0.3) is 0 Å². The molecule has 0 saturated heterocycles. The van der Waals surface area contributed by atoms with E-state index in [1.807, 2.05) is 44.2 Å². The molecule has 29 heavy (non-hydrogen) atoms. The smallest absolute Gasteiger partial charge is 0.228 e. The SMILES string of the molecule is Cc1cnc(N(C2CCC(C(N)=O)CC2)[C@H](C)c2ccc(Cl)cc2)nc1N(C)C. The van der Waals surface area contributed by atoms with Crippen LogP contribution in [-0.4, -0.2) is 36.0 Å². The number of aromatic nitrogens is 2. The Balaban J connectivity index is 1.97. The second-order valence-electron chi connectivity index (χ2n) is 8.11. The minimum atomic E-state index is -0.192. The normalized spacial score (nSPS) is 20.2. The molecule has 1 saturated carbocycles. The molecule has 1 aromatic carbocycles. The van der Waals surface area contributed by atoms with Gasteiger partial charge in [-0.05, 0) is 57.2 Å². The van der Waals surface area contributed by atoms with Gasteiger partial charge in [0.1, 0.15) is 5.82 Å². The highest BCUT2D eigenvalue weighted by atomic mass is 35.5. The second kappa shape index (κ2) is 8.99. The number of carbonyl (C=O) groups is 1. The summed E-state index contributed by atoms with van der Waals surface area (Å²) in [6.07, 6.45) is 5.26. The van der Waals surface area contributed by atoms with Crippen LogP contribution in [0.1, 0.15) is 49.8 Å². The summed E-state index contributed by atoms with van der Waals surface area (Å²) in [5.74, 6) is 1.40. The fourth-order valence-corrected chi connectivity index (χ4v) is 4.32. The molecule has 3 rings (SSSR count). The number of nitrogens with zero attached hydrogens (tertiary/aromatic N) is 4. The van der Waals surface area contributed by atoms with Crippen molar-refractivity contribution in [2.45, 2.75) is 51.6 Å². The van der Waals surface area contributed by atoms with Crippen LogP contribution in [0.4, 0.5) is 11.8 Å². The average Bonchev–Trinajstić information content (AvgIpc) is 2.70. The highest BCUT2D eigenvalue weighted by Crippen LogP contribution is 2.36. The zero-order chi connectivity index (χ0) is 21.1. The second-order valence-corrected chi connectivity index (χ2v) is 8.55. The van der Waals surface area contributed by atoms with E-state index in [1.165, 1.54) is 0 Å². The van der Waals surface area contributed by atoms with Gasteiger partial charge in [0.15, 0.2) is 0 Å². The van der Waals surface area contributed by atoms with Crippen molar-refractivity contribution in [1.29, 1.82) is 0 Å². The van der Waals surface area contributed by atoms with Crippen molar-refractivity contribution < 1.29 is 4.79 Å². The van der Waals surface area contributed by atoms with Crippen LogP contribution in [0.5, 0.6) is 0 Å². The Hall–Kier alpha value is -2.34. The maximum absolute atomic E-state index is 11.6. The lowest BCUT2D eigenvalue weighted by Gasteiger charge is -2.40. The van der Waals surface area contributed by atoms with Crippen molar-refractivity contribution in [3.05, 3.63) is 46.6 Å². The quantitative estimate of drug-likeness (QED) is 0.768. The summed E-state index contributed by atoms with van der Waals surface area (Å²) >= 11 is 6.09. The van der Waals surface area contributed by atoms with E-state index in [4.69, 9.17) is 22.3 Å². The first-order valence-electron chi connectivity index (χ1n) is 10.1. The van der Waals surface area contributed by atoms with Crippen molar-refractivity contribution in [1.82, 2.24) is 9.97 Å². The summed E-state index contributed by atoms with van der Waals surface area (Å²) in [5.41, 5.74) is 7.73. The molecule has 7 heteroatoms. The van der Waals surface area contributed by atoms with E-state index in [0.29, 0.717) is 5.95 Å². The Morgan fingerprint density at radius 3 is 2.34 bits per heavy atom. The van der Waals surface area contributed by atoms with Crippen LogP contribution >= 0.6 is 11.6 Å². The minimum Gasteiger partial charge on any atom is -0.369 e. The molecule has 1 aliphatic rings. The van der Waals surface area contributed by atoms with E-state index in [2.05, 4.69) is 28.9 Å². The van der Waals surface area contributed by atoms with E-state index >= 15 is 0 Å². The Morgan fingerprint density at radius 1 is 1.17 bits per heavy atom. The molecule has 2 N–H and O–H groups in total.